The van der Waals surface area contributed by atoms with Crippen molar-refractivity contribution in [1.29, 1.82) is 0 Å². The molecule has 2 aromatic rings. The highest BCUT2D eigenvalue weighted by Gasteiger charge is 2.13. The first-order valence-electron chi connectivity index (χ1n) is 7.97. The number of urea groups is 1. The standard InChI is InChI=1S/C19H24N2O3/c1-14-8-9-18(24-2)16(12-14)10-11-20-19(23)21-17(13-22)15-6-4-3-5-7-15/h3-9,12,17,22H,10-11,13H2,1-2H3,(H2,20,21,23). The lowest BCUT2D eigenvalue weighted by Crippen LogP contribution is -2.40. The molecule has 5 heteroatoms. The molecule has 0 heterocycles. The summed E-state index contributed by atoms with van der Waals surface area (Å²) in [4.78, 5) is 12.0. The minimum absolute atomic E-state index is 0.150. The summed E-state index contributed by atoms with van der Waals surface area (Å²) in [5.74, 6) is 0.820. The normalized spacial score (nSPS) is 11.6. The molecule has 2 rings (SSSR count). The van der Waals surface area contributed by atoms with E-state index in [0.717, 1.165) is 22.4 Å². The van der Waals surface area contributed by atoms with Crippen LogP contribution in [0.1, 0.15) is 22.7 Å². The molecule has 1 unspecified atom stereocenters. The Hall–Kier alpha value is -2.53. The Kier molecular flexibility index (Phi) is 6.63. The quantitative estimate of drug-likeness (QED) is 0.731. The van der Waals surface area contributed by atoms with E-state index in [2.05, 4.69) is 16.7 Å². The predicted molar refractivity (Wildman–Crippen MR) is 94.2 cm³/mol. The number of aryl methyl sites for hydroxylation is 1. The molecule has 0 saturated heterocycles. The summed E-state index contributed by atoms with van der Waals surface area (Å²) in [7, 11) is 1.64. The number of hydrogen-bond acceptors (Lipinski definition) is 3. The van der Waals surface area contributed by atoms with Crippen molar-refractivity contribution in [3.05, 3.63) is 65.2 Å². The van der Waals surface area contributed by atoms with Gasteiger partial charge in [-0.25, -0.2) is 4.79 Å². The average molecular weight is 328 g/mol. The van der Waals surface area contributed by atoms with E-state index in [1.807, 2.05) is 49.4 Å². The highest BCUT2D eigenvalue weighted by molar-refractivity contribution is 5.74. The molecule has 0 aliphatic rings. The summed E-state index contributed by atoms with van der Waals surface area (Å²) in [5.41, 5.74) is 3.08. The lowest BCUT2D eigenvalue weighted by atomic mass is 10.1. The summed E-state index contributed by atoms with van der Waals surface area (Å²) in [5, 5.41) is 15.1. The van der Waals surface area contributed by atoms with E-state index in [9.17, 15) is 9.90 Å². The third kappa shape index (κ3) is 4.99. The largest absolute Gasteiger partial charge is 0.496 e. The summed E-state index contributed by atoms with van der Waals surface area (Å²) < 4.78 is 5.34. The van der Waals surface area contributed by atoms with Crippen LogP contribution in [0, 0.1) is 6.92 Å². The Balaban J connectivity index is 1.86. The third-order valence-electron chi connectivity index (χ3n) is 3.81. The van der Waals surface area contributed by atoms with Crippen LogP contribution in [0.5, 0.6) is 5.75 Å². The summed E-state index contributed by atoms with van der Waals surface area (Å²) in [6, 6.07) is 14.7. The Morgan fingerprint density at radius 1 is 1.21 bits per heavy atom. The molecule has 2 aromatic carbocycles. The maximum absolute atomic E-state index is 12.0. The van der Waals surface area contributed by atoms with Crippen molar-refractivity contribution < 1.29 is 14.6 Å². The smallest absolute Gasteiger partial charge is 0.315 e. The first-order chi connectivity index (χ1) is 11.6. The van der Waals surface area contributed by atoms with Gasteiger partial charge in [0.1, 0.15) is 5.75 Å². The average Bonchev–Trinajstić information content (AvgIpc) is 2.60. The summed E-state index contributed by atoms with van der Waals surface area (Å²) >= 11 is 0. The molecule has 24 heavy (non-hydrogen) atoms. The van der Waals surface area contributed by atoms with Crippen LogP contribution >= 0.6 is 0 Å². The molecule has 0 aliphatic heterocycles. The molecule has 3 N–H and O–H groups in total. The second-order valence-electron chi connectivity index (χ2n) is 5.61. The van der Waals surface area contributed by atoms with Crippen LogP contribution in [0.15, 0.2) is 48.5 Å². The Morgan fingerprint density at radius 2 is 1.96 bits per heavy atom. The molecule has 128 valence electrons. The van der Waals surface area contributed by atoms with Gasteiger partial charge in [-0.15, -0.1) is 0 Å². The topological polar surface area (TPSA) is 70.6 Å². The van der Waals surface area contributed by atoms with Crippen molar-refractivity contribution in [1.82, 2.24) is 10.6 Å². The van der Waals surface area contributed by atoms with Gasteiger partial charge in [-0.1, -0.05) is 48.0 Å². The number of methoxy groups -OCH3 is 1. The van der Waals surface area contributed by atoms with Gasteiger partial charge in [0.2, 0.25) is 0 Å². The van der Waals surface area contributed by atoms with Gasteiger partial charge in [0.15, 0.2) is 0 Å². The number of nitrogens with one attached hydrogen (secondary N) is 2. The molecule has 0 fully saturated rings. The maximum atomic E-state index is 12.0. The molecule has 0 aromatic heterocycles. The molecule has 0 spiro atoms. The van der Waals surface area contributed by atoms with E-state index in [1.165, 1.54) is 0 Å². The van der Waals surface area contributed by atoms with E-state index in [1.54, 1.807) is 7.11 Å². The molecule has 2 amide bonds. The monoisotopic (exact) mass is 328 g/mol. The van der Waals surface area contributed by atoms with Gasteiger partial charge in [-0.3, -0.25) is 0 Å². The third-order valence-corrected chi connectivity index (χ3v) is 3.81. The van der Waals surface area contributed by atoms with Gasteiger partial charge >= 0.3 is 6.03 Å². The molecule has 0 saturated carbocycles. The SMILES string of the molecule is COc1ccc(C)cc1CCNC(=O)NC(CO)c1ccccc1. The second-order valence-corrected chi connectivity index (χ2v) is 5.61. The van der Waals surface area contributed by atoms with Crippen LogP contribution in [-0.2, 0) is 6.42 Å². The van der Waals surface area contributed by atoms with Gasteiger partial charge in [0.05, 0.1) is 19.8 Å². The van der Waals surface area contributed by atoms with Gasteiger partial charge in [-0.05, 0) is 30.5 Å². The number of hydrogen-bond donors (Lipinski definition) is 3. The van der Waals surface area contributed by atoms with E-state index in [-0.39, 0.29) is 12.6 Å². The molecule has 5 nitrogen and oxygen atoms in total. The van der Waals surface area contributed by atoms with Crippen molar-refractivity contribution in [2.24, 2.45) is 0 Å². The zero-order chi connectivity index (χ0) is 17.4. The summed E-state index contributed by atoms with van der Waals surface area (Å²) in [6.07, 6.45) is 0.674. The Morgan fingerprint density at radius 3 is 2.62 bits per heavy atom. The van der Waals surface area contributed by atoms with E-state index in [4.69, 9.17) is 4.74 Å². The molecular formula is C19H24N2O3. The van der Waals surface area contributed by atoms with Crippen LogP contribution in [0.2, 0.25) is 0 Å². The number of ether oxygens (including phenoxy) is 1. The fourth-order valence-electron chi connectivity index (χ4n) is 2.54. The Labute approximate surface area is 142 Å². The lowest BCUT2D eigenvalue weighted by molar-refractivity contribution is 0.217. The molecule has 0 radical (unpaired) electrons. The number of aliphatic hydroxyl groups is 1. The van der Waals surface area contributed by atoms with Crippen molar-refractivity contribution in [2.45, 2.75) is 19.4 Å². The van der Waals surface area contributed by atoms with Gasteiger partial charge in [0.25, 0.3) is 0 Å². The van der Waals surface area contributed by atoms with Crippen molar-refractivity contribution in [3.63, 3.8) is 0 Å². The number of amides is 2. The van der Waals surface area contributed by atoms with Gasteiger partial charge < -0.3 is 20.5 Å². The predicted octanol–water partition coefficient (Wildman–Crippen LogP) is 2.58. The molecular weight excluding hydrogens is 304 g/mol. The van der Waals surface area contributed by atoms with Crippen molar-refractivity contribution in [3.8, 4) is 5.75 Å². The fraction of sp³-hybridized carbons (Fsp3) is 0.316. The van der Waals surface area contributed by atoms with Crippen LogP contribution in [0.3, 0.4) is 0 Å². The maximum Gasteiger partial charge on any atom is 0.315 e. The number of carbonyl (C=O) groups excluding carboxylic acids is 1. The minimum atomic E-state index is -0.417. The molecule has 1 atom stereocenters. The van der Waals surface area contributed by atoms with E-state index >= 15 is 0 Å². The summed E-state index contributed by atoms with van der Waals surface area (Å²) in [6.45, 7) is 2.36. The van der Waals surface area contributed by atoms with Crippen molar-refractivity contribution in [2.75, 3.05) is 20.3 Å². The first-order valence-corrected chi connectivity index (χ1v) is 7.97. The highest BCUT2D eigenvalue weighted by atomic mass is 16.5. The minimum Gasteiger partial charge on any atom is -0.496 e. The van der Waals surface area contributed by atoms with Crippen LogP contribution in [-0.4, -0.2) is 31.4 Å². The van der Waals surface area contributed by atoms with E-state index in [0.29, 0.717) is 13.0 Å². The molecule has 0 aliphatic carbocycles. The number of benzene rings is 2. The fourth-order valence-corrected chi connectivity index (χ4v) is 2.54. The molecule has 0 bridgehead atoms. The van der Waals surface area contributed by atoms with Gasteiger partial charge in [0, 0.05) is 6.54 Å². The van der Waals surface area contributed by atoms with E-state index < -0.39 is 6.04 Å². The van der Waals surface area contributed by atoms with Crippen molar-refractivity contribution >= 4 is 6.03 Å². The zero-order valence-corrected chi connectivity index (χ0v) is 14.1. The first kappa shape index (κ1) is 17.8. The van der Waals surface area contributed by atoms with Gasteiger partial charge in [-0.2, -0.15) is 0 Å². The number of aliphatic hydroxyl groups excluding tert-OH is 1. The Bertz CT molecular complexity index is 659. The van der Waals surface area contributed by atoms with Crippen LogP contribution in [0.25, 0.3) is 0 Å². The van der Waals surface area contributed by atoms with Crippen LogP contribution in [0.4, 0.5) is 4.79 Å². The number of carbonyl (C=O) groups is 1. The second kappa shape index (κ2) is 8.93. The lowest BCUT2D eigenvalue weighted by Gasteiger charge is -2.17. The number of rotatable bonds is 7. The zero-order valence-electron chi connectivity index (χ0n) is 14.1. The van der Waals surface area contributed by atoms with Crippen LogP contribution < -0.4 is 15.4 Å². The highest BCUT2D eigenvalue weighted by Crippen LogP contribution is 2.19.